The number of fused-ring (bicyclic) bond motifs is 1. The number of para-hydroxylation sites is 1. The Hall–Kier alpha value is -2.03. The summed E-state index contributed by atoms with van der Waals surface area (Å²) in [5.74, 6) is 0.706. The van der Waals surface area contributed by atoms with Crippen molar-refractivity contribution in [2.24, 2.45) is 0 Å². The zero-order chi connectivity index (χ0) is 16.3. The molecule has 0 saturated carbocycles. The maximum atomic E-state index is 12.3. The summed E-state index contributed by atoms with van der Waals surface area (Å²) in [7, 11) is -1.84. The summed E-state index contributed by atoms with van der Waals surface area (Å²) in [6.07, 6.45) is 1.50. The molecule has 3 rings (SSSR count). The Labute approximate surface area is 138 Å². The van der Waals surface area contributed by atoms with Crippen molar-refractivity contribution in [1.82, 2.24) is 14.3 Å². The summed E-state index contributed by atoms with van der Waals surface area (Å²) < 4.78 is 26.4. The highest BCUT2D eigenvalue weighted by atomic mass is 32.2. The Bertz CT molecular complexity index is 889. The maximum absolute atomic E-state index is 12.3. The predicted molar refractivity (Wildman–Crippen MR) is 92.2 cm³/mol. The van der Waals surface area contributed by atoms with Gasteiger partial charge in [0.05, 0.1) is 5.52 Å². The van der Waals surface area contributed by atoms with Gasteiger partial charge >= 0.3 is 0 Å². The molecule has 0 spiro atoms. The summed E-state index contributed by atoms with van der Waals surface area (Å²) in [5, 5.41) is 5.85. The van der Waals surface area contributed by atoms with E-state index >= 15 is 0 Å². The molecule has 0 unspecified atom stereocenters. The second-order valence-electron chi connectivity index (χ2n) is 4.92. The van der Waals surface area contributed by atoms with Gasteiger partial charge in [-0.15, -0.1) is 11.3 Å². The Morgan fingerprint density at radius 1 is 1.17 bits per heavy atom. The number of anilines is 1. The Kier molecular flexibility index (Phi) is 4.56. The molecule has 0 atom stereocenters. The van der Waals surface area contributed by atoms with E-state index in [0.717, 1.165) is 10.9 Å². The summed E-state index contributed by atoms with van der Waals surface area (Å²) in [4.78, 5) is 8.43. The summed E-state index contributed by atoms with van der Waals surface area (Å²) in [6, 6.07) is 11.0. The van der Waals surface area contributed by atoms with Crippen LogP contribution in [0.3, 0.4) is 0 Å². The molecule has 6 nitrogen and oxygen atoms in total. The fraction of sp³-hybridized carbons (Fsp3) is 0.200. The Morgan fingerprint density at radius 3 is 2.78 bits per heavy atom. The topological polar surface area (TPSA) is 75.2 Å². The van der Waals surface area contributed by atoms with E-state index in [1.54, 1.807) is 24.6 Å². The molecule has 8 heteroatoms. The standard InChI is InChI=1S/C15H16N4O2S2/c1-19(23(20,21)14-7-4-10-22-14)9-8-16-15-12-5-2-3-6-13(12)17-11-18-15/h2-7,10-11H,8-9H2,1H3,(H,16,17,18). The van der Waals surface area contributed by atoms with Crippen molar-refractivity contribution in [2.45, 2.75) is 4.21 Å². The van der Waals surface area contributed by atoms with Crippen LogP contribution in [0.1, 0.15) is 0 Å². The first-order valence-electron chi connectivity index (χ1n) is 7.02. The van der Waals surface area contributed by atoms with Gasteiger partial charge in [-0.05, 0) is 23.6 Å². The summed E-state index contributed by atoms with van der Waals surface area (Å²) in [5.41, 5.74) is 0.851. The van der Waals surface area contributed by atoms with E-state index in [-0.39, 0.29) is 0 Å². The van der Waals surface area contributed by atoms with Crippen molar-refractivity contribution >= 4 is 38.1 Å². The number of sulfonamides is 1. The molecule has 23 heavy (non-hydrogen) atoms. The maximum Gasteiger partial charge on any atom is 0.252 e. The van der Waals surface area contributed by atoms with Crippen LogP contribution in [0.2, 0.25) is 0 Å². The van der Waals surface area contributed by atoms with Crippen molar-refractivity contribution in [1.29, 1.82) is 0 Å². The second-order valence-corrected chi connectivity index (χ2v) is 8.14. The van der Waals surface area contributed by atoms with Crippen LogP contribution < -0.4 is 5.32 Å². The van der Waals surface area contributed by atoms with E-state index in [0.29, 0.717) is 23.1 Å². The van der Waals surface area contributed by atoms with Gasteiger partial charge in [0.1, 0.15) is 16.4 Å². The molecule has 0 bridgehead atoms. The van der Waals surface area contributed by atoms with Crippen LogP contribution >= 0.6 is 11.3 Å². The minimum atomic E-state index is -3.41. The van der Waals surface area contributed by atoms with Crippen molar-refractivity contribution in [3.8, 4) is 0 Å². The van der Waals surface area contributed by atoms with Crippen molar-refractivity contribution in [2.75, 3.05) is 25.5 Å². The molecule has 2 heterocycles. The molecule has 0 radical (unpaired) electrons. The third kappa shape index (κ3) is 3.34. The van der Waals surface area contributed by atoms with Gasteiger partial charge < -0.3 is 5.32 Å². The van der Waals surface area contributed by atoms with Crippen LogP contribution in [0.5, 0.6) is 0 Å². The minimum absolute atomic E-state index is 0.346. The number of likely N-dealkylation sites (N-methyl/N-ethyl adjacent to an activating group) is 1. The van der Waals surface area contributed by atoms with Gasteiger partial charge in [-0.25, -0.2) is 18.4 Å². The predicted octanol–water partition coefficient (Wildman–Crippen LogP) is 2.42. The van der Waals surface area contributed by atoms with Crippen LogP contribution in [-0.4, -0.2) is 42.8 Å². The fourth-order valence-corrected chi connectivity index (χ4v) is 4.53. The Balaban J connectivity index is 1.67. The lowest BCUT2D eigenvalue weighted by molar-refractivity contribution is 0.482. The first-order chi connectivity index (χ1) is 11.1. The summed E-state index contributed by atoms with van der Waals surface area (Å²) >= 11 is 1.22. The fourth-order valence-electron chi connectivity index (χ4n) is 2.16. The number of benzene rings is 1. The lowest BCUT2D eigenvalue weighted by atomic mass is 10.2. The van der Waals surface area contributed by atoms with E-state index in [1.165, 1.54) is 22.0 Å². The van der Waals surface area contributed by atoms with Gasteiger partial charge in [-0.3, -0.25) is 0 Å². The number of hydrogen-bond donors (Lipinski definition) is 1. The molecule has 0 amide bonds. The highest BCUT2D eigenvalue weighted by Crippen LogP contribution is 2.20. The van der Waals surface area contributed by atoms with Gasteiger partial charge in [0.2, 0.25) is 0 Å². The quantitative estimate of drug-likeness (QED) is 0.740. The Morgan fingerprint density at radius 2 is 2.00 bits per heavy atom. The SMILES string of the molecule is CN(CCNc1ncnc2ccccc12)S(=O)(=O)c1cccs1. The van der Waals surface area contributed by atoms with Gasteiger partial charge in [0.25, 0.3) is 10.0 Å². The second kappa shape index (κ2) is 6.61. The first-order valence-corrected chi connectivity index (χ1v) is 9.34. The molecule has 120 valence electrons. The molecular weight excluding hydrogens is 332 g/mol. The lowest BCUT2D eigenvalue weighted by Crippen LogP contribution is -2.31. The van der Waals surface area contributed by atoms with E-state index in [1.807, 2.05) is 24.3 Å². The third-order valence-corrected chi connectivity index (χ3v) is 6.65. The number of thiophene rings is 1. The van der Waals surface area contributed by atoms with Crippen molar-refractivity contribution < 1.29 is 8.42 Å². The normalized spacial score (nSPS) is 11.9. The zero-order valence-electron chi connectivity index (χ0n) is 12.5. The van der Waals surface area contributed by atoms with E-state index < -0.39 is 10.0 Å². The average molecular weight is 348 g/mol. The number of rotatable bonds is 6. The number of nitrogens with one attached hydrogen (secondary N) is 1. The number of aromatic nitrogens is 2. The van der Waals surface area contributed by atoms with Crippen molar-refractivity contribution in [3.05, 3.63) is 48.1 Å². The molecule has 1 aromatic carbocycles. The number of nitrogens with zero attached hydrogens (tertiary/aromatic N) is 3. The molecule has 0 fully saturated rings. The highest BCUT2D eigenvalue weighted by molar-refractivity contribution is 7.91. The molecule has 0 aliphatic heterocycles. The summed E-state index contributed by atoms with van der Waals surface area (Å²) in [6.45, 7) is 0.806. The average Bonchev–Trinajstić information content (AvgIpc) is 3.10. The van der Waals surface area contributed by atoms with Crippen LogP contribution in [0.15, 0.2) is 52.3 Å². The highest BCUT2D eigenvalue weighted by Gasteiger charge is 2.21. The largest absolute Gasteiger partial charge is 0.368 e. The van der Waals surface area contributed by atoms with Crippen LogP contribution in [0.4, 0.5) is 5.82 Å². The van der Waals surface area contributed by atoms with Crippen LogP contribution in [0, 0.1) is 0 Å². The van der Waals surface area contributed by atoms with E-state index in [4.69, 9.17) is 0 Å². The molecule has 0 aliphatic rings. The van der Waals surface area contributed by atoms with Gasteiger partial charge in [0, 0.05) is 25.5 Å². The molecule has 2 aromatic heterocycles. The van der Waals surface area contributed by atoms with Gasteiger partial charge in [-0.2, -0.15) is 4.31 Å². The van der Waals surface area contributed by atoms with Gasteiger partial charge in [-0.1, -0.05) is 18.2 Å². The van der Waals surface area contributed by atoms with Crippen molar-refractivity contribution in [3.63, 3.8) is 0 Å². The minimum Gasteiger partial charge on any atom is -0.368 e. The van der Waals surface area contributed by atoms with Gasteiger partial charge in [0.15, 0.2) is 0 Å². The molecule has 3 aromatic rings. The zero-order valence-corrected chi connectivity index (χ0v) is 14.1. The van der Waals surface area contributed by atoms with Crippen LogP contribution in [0.25, 0.3) is 10.9 Å². The molecular formula is C15H16N4O2S2. The van der Waals surface area contributed by atoms with E-state index in [2.05, 4.69) is 15.3 Å². The third-order valence-electron chi connectivity index (χ3n) is 3.42. The first kappa shape index (κ1) is 15.9. The molecule has 0 saturated heterocycles. The molecule has 1 N–H and O–H groups in total. The molecule has 0 aliphatic carbocycles. The number of hydrogen-bond acceptors (Lipinski definition) is 6. The van der Waals surface area contributed by atoms with Crippen LogP contribution in [-0.2, 0) is 10.0 Å². The monoisotopic (exact) mass is 348 g/mol. The van der Waals surface area contributed by atoms with E-state index in [9.17, 15) is 8.42 Å². The smallest absolute Gasteiger partial charge is 0.252 e. The lowest BCUT2D eigenvalue weighted by Gasteiger charge is -2.16.